The number of aliphatic hydroxyl groups is 2. The Kier molecular flexibility index (Phi) is 12.8. The first kappa shape index (κ1) is 37.6. The zero-order chi connectivity index (χ0) is 34.4. The summed E-state index contributed by atoms with van der Waals surface area (Å²) in [7, 11) is 0. The van der Waals surface area contributed by atoms with E-state index in [1.807, 2.05) is 26.0 Å². The topological polar surface area (TPSA) is 110 Å². The van der Waals surface area contributed by atoms with E-state index in [0.717, 1.165) is 37.7 Å². The fraction of sp³-hybridized carbons (Fsp3) is 0.775. The van der Waals surface area contributed by atoms with Crippen LogP contribution in [0, 0.1) is 35.0 Å². The van der Waals surface area contributed by atoms with Crippen LogP contribution in [0.4, 0.5) is 0 Å². The van der Waals surface area contributed by atoms with Crippen LogP contribution in [0.5, 0.6) is 0 Å². The first-order chi connectivity index (χ1) is 22.3. The zero-order valence-electron chi connectivity index (χ0n) is 30.0. The van der Waals surface area contributed by atoms with Crippen molar-refractivity contribution in [3.8, 4) is 0 Å². The Hall–Kier alpha value is -2.25. The van der Waals surface area contributed by atoms with Crippen LogP contribution in [-0.2, 0) is 23.9 Å². The molecule has 264 valence electrons. The molecule has 2 N–H and O–H groups in total. The van der Waals surface area contributed by atoms with Gasteiger partial charge in [-0.25, -0.2) is 0 Å². The number of hydrogen-bond acceptors (Lipinski definition) is 7. The molecule has 8 atom stereocenters. The van der Waals surface area contributed by atoms with E-state index in [1.165, 1.54) is 58.3 Å². The number of hydrogen-bond donors (Lipinski definition) is 2. The van der Waals surface area contributed by atoms with Crippen molar-refractivity contribution in [2.75, 3.05) is 6.61 Å². The van der Waals surface area contributed by atoms with Gasteiger partial charge in [0, 0.05) is 48.3 Å². The molecule has 0 aromatic rings. The molecule has 7 heteroatoms. The minimum absolute atomic E-state index is 0.0110. The number of esters is 2. The molecular formula is C40H62O7. The van der Waals surface area contributed by atoms with Gasteiger partial charge in [0.15, 0.2) is 5.78 Å². The van der Waals surface area contributed by atoms with Gasteiger partial charge in [-0.3, -0.25) is 14.4 Å². The molecule has 0 radical (unpaired) electrons. The summed E-state index contributed by atoms with van der Waals surface area (Å²) in [6.45, 7) is 11.2. The number of Topliss-reactive ketones (excluding diaryl/α,β-unsaturated/α-hetero) is 1. The average molecular weight is 655 g/mol. The quantitative estimate of drug-likeness (QED) is 0.0876. The Bertz CT molecular complexity index is 1210. The molecule has 2 saturated carbocycles. The maximum atomic E-state index is 13.3. The third kappa shape index (κ3) is 7.66. The number of ketones is 1. The van der Waals surface area contributed by atoms with E-state index < -0.39 is 52.4 Å². The van der Waals surface area contributed by atoms with Crippen LogP contribution in [-0.4, -0.2) is 51.8 Å². The lowest BCUT2D eigenvalue weighted by atomic mass is 9.60. The van der Waals surface area contributed by atoms with Gasteiger partial charge in [-0.05, 0) is 56.6 Å². The van der Waals surface area contributed by atoms with Gasteiger partial charge in [-0.1, -0.05) is 103 Å². The van der Waals surface area contributed by atoms with Crippen LogP contribution in [0.15, 0.2) is 35.5 Å². The van der Waals surface area contributed by atoms with Gasteiger partial charge >= 0.3 is 11.9 Å². The lowest BCUT2D eigenvalue weighted by Gasteiger charge is -2.51. The predicted octanol–water partition coefficient (Wildman–Crippen LogP) is 7.97. The molecule has 2 fully saturated rings. The number of carbonyl (C=O) groups excluding carboxylic acids is 3. The van der Waals surface area contributed by atoms with Crippen molar-refractivity contribution in [2.24, 2.45) is 35.0 Å². The molecule has 4 aliphatic rings. The van der Waals surface area contributed by atoms with Gasteiger partial charge in [0.05, 0.1) is 11.7 Å². The van der Waals surface area contributed by atoms with Gasteiger partial charge in [0.1, 0.15) is 12.2 Å². The van der Waals surface area contributed by atoms with Crippen molar-refractivity contribution in [1.82, 2.24) is 0 Å². The summed E-state index contributed by atoms with van der Waals surface area (Å²) in [6.07, 6.45) is 23.7. The number of unbranched alkanes of at least 4 members (excludes halogenated alkanes) is 11. The third-order valence-corrected chi connectivity index (χ3v) is 12.1. The maximum Gasteiger partial charge on any atom is 0.306 e. The minimum atomic E-state index is -1.42. The third-order valence-electron chi connectivity index (χ3n) is 12.1. The highest BCUT2D eigenvalue weighted by atomic mass is 16.6. The van der Waals surface area contributed by atoms with Crippen molar-refractivity contribution in [1.29, 1.82) is 0 Å². The summed E-state index contributed by atoms with van der Waals surface area (Å²) in [5.41, 5.74) is -1.72. The molecule has 0 spiro atoms. The second-order valence-corrected chi connectivity index (χ2v) is 15.6. The number of rotatable bonds is 18. The van der Waals surface area contributed by atoms with E-state index in [4.69, 9.17) is 9.47 Å². The fourth-order valence-corrected chi connectivity index (χ4v) is 9.42. The highest BCUT2D eigenvalue weighted by Gasteiger charge is 2.86. The molecule has 4 rings (SSSR count). The lowest BCUT2D eigenvalue weighted by molar-refractivity contribution is -0.207. The fourth-order valence-electron chi connectivity index (χ4n) is 9.42. The summed E-state index contributed by atoms with van der Waals surface area (Å²) >= 11 is 0. The molecule has 0 aromatic heterocycles. The summed E-state index contributed by atoms with van der Waals surface area (Å²) in [5, 5.41) is 24.1. The van der Waals surface area contributed by atoms with Crippen LogP contribution < -0.4 is 0 Å². The molecule has 0 amide bonds. The number of aliphatic hydroxyl groups excluding tert-OH is 1. The average Bonchev–Trinajstić information content (AvgIpc) is 3.42. The summed E-state index contributed by atoms with van der Waals surface area (Å²) < 4.78 is 11.6. The first-order valence-electron chi connectivity index (χ1n) is 18.7. The van der Waals surface area contributed by atoms with Crippen molar-refractivity contribution in [2.45, 2.75) is 155 Å². The normalized spacial score (nSPS) is 33.7. The van der Waals surface area contributed by atoms with Crippen molar-refractivity contribution >= 4 is 17.7 Å². The molecule has 47 heavy (non-hydrogen) atoms. The Balaban J connectivity index is 1.27. The van der Waals surface area contributed by atoms with Crippen molar-refractivity contribution in [3.05, 3.63) is 35.5 Å². The number of carbonyl (C=O) groups is 3. The van der Waals surface area contributed by atoms with Gasteiger partial charge in [-0.2, -0.15) is 0 Å². The summed E-state index contributed by atoms with van der Waals surface area (Å²) in [5.74, 6) is -3.20. The summed E-state index contributed by atoms with van der Waals surface area (Å²) in [4.78, 5) is 38.3. The Morgan fingerprint density at radius 1 is 0.936 bits per heavy atom. The van der Waals surface area contributed by atoms with E-state index in [2.05, 4.69) is 19.1 Å². The van der Waals surface area contributed by atoms with E-state index >= 15 is 0 Å². The van der Waals surface area contributed by atoms with Gasteiger partial charge in [-0.15, -0.1) is 0 Å². The van der Waals surface area contributed by atoms with Crippen LogP contribution >= 0.6 is 0 Å². The molecule has 4 aliphatic carbocycles. The van der Waals surface area contributed by atoms with Crippen molar-refractivity contribution < 1.29 is 34.1 Å². The second kappa shape index (κ2) is 16.0. The van der Waals surface area contributed by atoms with Crippen molar-refractivity contribution in [3.63, 3.8) is 0 Å². The van der Waals surface area contributed by atoms with Gasteiger partial charge in [0.2, 0.25) is 0 Å². The first-order valence-corrected chi connectivity index (χ1v) is 18.7. The number of allylic oxidation sites excluding steroid dienone is 3. The molecule has 0 heterocycles. The molecule has 0 aliphatic heterocycles. The Labute approximate surface area is 283 Å². The molecule has 0 aromatic carbocycles. The smallest absolute Gasteiger partial charge is 0.306 e. The van der Waals surface area contributed by atoms with Crippen LogP contribution in [0.2, 0.25) is 0 Å². The Morgan fingerprint density at radius 3 is 2.15 bits per heavy atom. The Morgan fingerprint density at radius 2 is 1.53 bits per heavy atom. The van der Waals surface area contributed by atoms with Crippen LogP contribution in [0.1, 0.15) is 138 Å². The SMILES string of the molecule is CCCCCCCC/C=C\CCCCCCCC(=O)OCC1=C[C@H]2[C@@H]3C(C)(C)[C@]3(OC(C)=O)[C@H](O)[C@@H](C)[C@]2(O)[C@@H]2C=C(C)C(=O)[C@@H]2C1. The van der Waals surface area contributed by atoms with E-state index in [-0.39, 0.29) is 24.3 Å². The van der Waals surface area contributed by atoms with E-state index in [9.17, 15) is 24.6 Å². The van der Waals surface area contributed by atoms with Crippen LogP contribution in [0.3, 0.4) is 0 Å². The standard InChI is InChI=1S/C40H62O7/c1-7-8-9-10-11-12-13-14-15-16-17-18-19-20-21-22-34(42)46-26-30-24-31-32(23-27(2)35(31)43)39(45)28(3)37(44)40(47-29(4)41)36(33(39)25-30)38(40,5)6/h14-15,23,25,28,31-33,36-37,44-45H,7-13,16-22,24,26H2,1-6H3/b15-14-/t28-,31-,32-,33+,36-,37-,39+,40-/m1/s1. The predicted molar refractivity (Wildman–Crippen MR) is 184 cm³/mol. The summed E-state index contributed by atoms with van der Waals surface area (Å²) in [6, 6.07) is 0. The van der Waals surface area contributed by atoms with Gasteiger partial charge < -0.3 is 19.7 Å². The zero-order valence-corrected chi connectivity index (χ0v) is 30.0. The monoisotopic (exact) mass is 654 g/mol. The molecule has 0 bridgehead atoms. The number of ether oxygens (including phenoxy) is 2. The minimum Gasteiger partial charge on any atom is -0.461 e. The maximum absolute atomic E-state index is 13.3. The molecule has 7 nitrogen and oxygen atoms in total. The van der Waals surface area contributed by atoms with E-state index in [0.29, 0.717) is 18.4 Å². The molecule has 0 saturated heterocycles. The largest absolute Gasteiger partial charge is 0.461 e. The van der Waals surface area contributed by atoms with E-state index in [1.54, 1.807) is 13.8 Å². The second-order valence-electron chi connectivity index (χ2n) is 15.6. The molecular weight excluding hydrogens is 592 g/mol. The molecule has 0 unspecified atom stereocenters. The van der Waals surface area contributed by atoms with Gasteiger partial charge in [0.25, 0.3) is 0 Å². The van der Waals surface area contributed by atoms with Crippen LogP contribution in [0.25, 0.3) is 0 Å². The number of fused-ring (bicyclic) bond motifs is 5. The highest BCUT2D eigenvalue weighted by Crippen LogP contribution is 2.76. The highest BCUT2D eigenvalue weighted by molar-refractivity contribution is 6.00. The lowest BCUT2D eigenvalue weighted by Crippen LogP contribution is -2.62.